The Bertz CT molecular complexity index is 1390. The Morgan fingerprint density at radius 1 is 0.875 bits per heavy atom. The first-order valence-corrected chi connectivity index (χ1v) is 19.3. The molecule has 266 valence electrons. The summed E-state index contributed by atoms with van der Waals surface area (Å²) in [7, 11) is 0. The molecule has 5 aliphatic carbocycles. The number of aliphatic hydroxyl groups is 1. The summed E-state index contributed by atoms with van der Waals surface area (Å²) in [5.74, 6) is 0.775. The maximum Gasteiger partial charge on any atom is 0.313 e. The highest BCUT2D eigenvalue weighted by atomic mass is 16.6. The topological polar surface area (TPSA) is 72.8 Å². The van der Waals surface area contributed by atoms with Gasteiger partial charge in [0.15, 0.2) is 0 Å². The molecule has 0 spiro atoms. The van der Waals surface area contributed by atoms with E-state index in [-0.39, 0.29) is 44.9 Å². The zero-order valence-corrected chi connectivity index (χ0v) is 31.3. The zero-order chi connectivity index (χ0) is 34.8. The number of allylic oxidation sites excluding steroid dienone is 2. The molecule has 0 aromatic heterocycles. The summed E-state index contributed by atoms with van der Waals surface area (Å²) in [5, 5.41) is 11.7. The number of ether oxygens (including phenoxy) is 2. The van der Waals surface area contributed by atoms with Gasteiger partial charge in [0.25, 0.3) is 0 Å². The molecule has 48 heavy (non-hydrogen) atoms. The van der Waals surface area contributed by atoms with Crippen molar-refractivity contribution in [1.29, 1.82) is 0 Å². The molecule has 0 saturated heterocycles. The third-order valence-electron chi connectivity index (χ3n) is 15.4. The molecule has 5 nitrogen and oxygen atoms in total. The van der Waals surface area contributed by atoms with Crippen molar-refractivity contribution in [2.45, 2.75) is 158 Å². The van der Waals surface area contributed by atoms with Gasteiger partial charge >= 0.3 is 11.9 Å². The predicted molar refractivity (Wildman–Crippen MR) is 191 cm³/mol. The quantitative estimate of drug-likeness (QED) is 0.171. The molecule has 4 fully saturated rings. The van der Waals surface area contributed by atoms with Crippen LogP contribution in [0, 0.1) is 50.2 Å². The lowest BCUT2D eigenvalue weighted by Crippen LogP contribution is -2.67. The molecule has 0 aliphatic heterocycles. The van der Waals surface area contributed by atoms with Crippen molar-refractivity contribution in [1.82, 2.24) is 0 Å². The number of carbonyl (C=O) groups is 2. The Labute approximate surface area is 291 Å². The number of hydrogen-bond acceptors (Lipinski definition) is 5. The van der Waals surface area contributed by atoms with Crippen molar-refractivity contribution in [3.63, 3.8) is 0 Å². The van der Waals surface area contributed by atoms with Crippen LogP contribution >= 0.6 is 0 Å². The van der Waals surface area contributed by atoms with Gasteiger partial charge in [-0.1, -0.05) is 110 Å². The van der Waals surface area contributed by atoms with Crippen molar-refractivity contribution in [3.8, 4) is 0 Å². The summed E-state index contributed by atoms with van der Waals surface area (Å²) in [6, 6.07) is 10.1. The van der Waals surface area contributed by atoms with Crippen LogP contribution in [0.25, 0.3) is 0 Å². The molecule has 5 heteroatoms. The van der Waals surface area contributed by atoms with Crippen LogP contribution in [0.3, 0.4) is 0 Å². The first-order valence-electron chi connectivity index (χ1n) is 19.3. The van der Waals surface area contributed by atoms with E-state index in [9.17, 15) is 14.7 Å². The van der Waals surface area contributed by atoms with Gasteiger partial charge in [0.1, 0.15) is 12.7 Å². The van der Waals surface area contributed by atoms with E-state index in [0.717, 1.165) is 76.2 Å². The van der Waals surface area contributed by atoms with E-state index in [1.54, 1.807) is 0 Å². The van der Waals surface area contributed by atoms with Crippen LogP contribution in [-0.4, -0.2) is 29.3 Å². The molecule has 1 aromatic rings. The van der Waals surface area contributed by atoms with Crippen LogP contribution < -0.4 is 0 Å². The first kappa shape index (κ1) is 35.7. The maximum atomic E-state index is 14.3. The standard InChI is InChI=1S/C43H64O5/c1-9-10-12-17-35(44)48-32-27-40(6)33(39(4,5)36(32)45)20-21-42(8)34(40)19-18-30-31-26-38(2,3)22-24-43(31,25-23-41(30,42)7)37(46)47-28-29-15-13-11-14-16-29/h11,13-16,18,31-34,36,45H,9-10,12,17,19-28H2,1-8H3/t31-,32+,33-,34+,36-,40-,41+,42+,43-/m0/s1. The second kappa shape index (κ2) is 12.6. The lowest BCUT2D eigenvalue weighted by atomic mass is 9.33. The fourth-order valence-electron chi connectivity index (χ4n) is 12.4. The van der Waals surface area contributed by atoms with E-state index >= 15 is 0 Å². The van der Waals surface area contributed by atoms with Crippen LogP contribution in [-0.2, 0) is 25.7 Å². The molecule has 0 radical (unpaired) electrons. The molecule has 0 heterocycles. The van der Waals surface area contributed by atoms with E-state index in [4.69, 9.17) is 9.47 Å². The number of carbonyl (C=O) groups excluding carboxylic acids is 2. The van der Waals surface area contributed by atoms with Gasteiger partial charge in [-0.25, -0.2) is 0 Å². The molecule has 5 aliphatic rings. The number of unbranched alkanes of at least 4 members (excludes halogenated alkanes) is 2. The molecular formula is C43H64O5. The molecular weight excluding hydrogens is 596 g/mol. The summed E-state index contributed by atoms with van der Waals surface area (Å²) in [6.45, 7) is 19.2. The van der Waals surface area contributed by atoms with Gasteiger partial charge in [0.05, 0.1) is 11.5 Å². The Hall–Kier alpha value is -2.14. The van der Waals surface area contributed by atoms with Gasteiger partial charge in [0, 0.05) is 6.42 Å². The summed E-state index contributed by atoms with van der Waals surface area (Å²) < 4.78 is 12.4. The normalized spacial score (nSPS) is 41.0. The number of aliphatic hydroxyl groups excluding tert-OH is 1. The van der Waals surface area contributed by atoms with E-state index in [1.165, 1.54) is 5.57 Å². The average Bonchev–Trinajstić information content (AvgIpc) is 3.03. The van der Waals surface area contributed by atoms with Gasteiger partial charge in [-0.2, -0.15) is 0 Å². The maximum absolute atomic E-state index is 14.3. The summed E-state index contributed by atoms with van der Waals surface area (Å²) in [4.78, 5) is 27.3. The van der Waals surface area contributed by atoms with Gasteiger partial charge in [-0.3, -0.25) is 9.59 Å². The number of rotatable bonds is 8. The Balaban J connectivity index is 1.32. The highest BCUT2D eigenvalue weighted by Crippen LogP contribution is 2.76. The Kier molecular flexibility index (Phi) is 9.34. The highest BCUT2D eigenvalue weighted by molar-refractivity contribution is 5.79. The van der Waals surface area contributed by atoms with Crippen LogP contribution in [0.2, 0.25) is 0 Å². The van der Waals surface area contributed by atoms with E-state index in [2.05, 4.69) is 61.5 Å². The highest BCUT2D eigenvalue weighted by Gasteiger charge is 2.70. The van der Waals surface area contributed by atoms with Crippen molar-refractivity contribution in [2.75, 3.05) is 0 Å². The second-order valence-corrected chi connectivity index (χ2v) is 18.9. The van der Waals surface area contributed by atoms with Crippen LogP contribution in [0.5, 0.6) is 0 Å². The fraction of sp³-hybridized carbons (Fsp3) is 0.767. The number of hydrogen-bond donors (Lipinski definition) is 1. The molecule has 0 unspecified atom stereocenters. The van der Waals surface area contributed by atoms with Gasteiger partial charge < -0.3 is 14.6 Å². The fourth-order valence-corrected chi connectivity index (χ4v) is 12.4. The van der Waals surface area contributed by atoms with Gasteiger partial charge in [0.2, 0.25) is 0 Å². The minimum Gasteiger partial charge on any atom is -0.460 e. The number of benzene rings is 1. The third-order valence-corrected chi connectivity index (χ3v) is 15.4. The molecule has 4 saturated carbocycles. The van der Waals surface area contributed by atoms with E-state index < -0.39 is 17.6 Å². The minimum atomic E-state index is -0.665. The zero-order valence-electron chi connectivity index (χ0n) is 31.3. The van der Waals surface area contributed by atoms with Gasteiger partial charge in [-0.05, 0) is 115 Å². The first-order chi connectivity index (χ1) is 22.5. The van der Waals surface area contributed by atoms with E-state index in [1.807, 2.05) is 30.3 Å². The molecule has 9 atom stereocenters. The Morgan fingerprint density at radius 2 is 1.58 bits per heavy atom. The van der Waals surface area contributed by atoms with Crippen LogP contribution in [0.15, 0.2) is 42.0 Å². The summed E-state index contributed by atoms with van der Waals surface area (Å²) in [5.41, 5.74) is 1.84. The molecule has 6 rings (SSSR count). The smallest absolute Gasteiger partial charge is 0.313 e. The van der Waals surface area contributed by atoms with Crippen molar-refractivity contribution >= 4 is 11.9 Å². The monoisotopic (exact) mass is 660 g/mol. The molecule has 1 N–H and O–H groups in total. The minimum absolute atomic E-state index is 0.00404. The lowest BCUT2D eigenvalue weighted by Gasteiger charge is -2.71. The van der Waals surface area contributed by atoms with Crippen LogP contribution in [0.4, 0.5) is 0 Å². The molecule has 0 bridgehead atoms. The predicted octanol–water partition coefficient (Wildman–Crippen LogP) is 9.99. The Morgan fingerprint density at radius 3 is 2.29 bits per heavy atom. The number of fused-ring (bicyclic) bond motifs is 7. The molecule has 0 amide bonds. The summed E-state index contributed by atoms with van der Waals surface area (Å²) >= 11 is 0. The van der Waals surface area contributed by atoms with Crippen LogP contribution in [0.1, 0.15) is 144 Å². The average molecular weight is 661 g/mol. The van der Waals surface area contributed by atoms with Crippen molar-refractivity contribution < 1.29 is 24.2 Å². The number of esters is 2. The molecule has 1 aromatic carbocycles. The lowest BCUT2D eigenvalue weighted by molar-refractivity contribution is -0.238. The van der Waals surface area contributed by atoms with Gasteiger partial charge in [-0.15, -0.1) is 0 Å². The SMILES string of the molecule is CCCCCC(=O)O[C@@H]1C[C@]2(C)[C@H]3CC=C4[C@@H]5CC(C)(C)CC[C@]5(C(=O)OCc5ccccc5)CC[C@@]4(C)[C@]3(C)CC[C@H]2C(C)(C)[C@H]1O. The largest absolute Gasteiger partial charge is 0.460 e. The second-order valence-electron chi connectivity index (χ2n) is 18.9. The van der Waals surface area contributed by atoms with Crippen molar-refractivity contribution in [3.05, 3.63) is 47.5 Å². The third kappa shape index (κ3) is 5.61. The van der Waals surface area contributed by atoms with E-state index in [0.29, 0.717) is 31.3 Å². The summed E-state index contributed by atoms with van der Waals surface area (Å²) in [6.07, 6.45) is 13.5. The van der Waals surface area contributed by atoms with Crippen molar-refractivity contribution in [2.24, 2.45) is 50.2 Å².